The van der Waals surface area contributed by atoms with Gasteiger partial charge in [0.1, 0.15) is 0 Å². The van der Waals surface area contributed by atoms with Crippen LogP contribution in [0.25, 0.3) is 0 Å². The van der Waals surface area contributed by atoms with Crippen LogP contribution in [0.15, 0.2) is 18.2 Å². The van der Waals surface area contributed by atoms with E-state index in [0.29, 0.717) is 11.8 Å². The van der Waals surface area contributed by atoms with E-state index in [2.05, 4.69) is 52.8 Å². The molecule has 0 heterocycles. The highest BCUT2D eigenvalue weighted by molar-refractivity contribution is 5.34. The third-order valence-corrected chi connectivity index (χ3v) is 3.11. The molecule has 0 saturated heterocycles. The van der Waals surface area contributed by atoms with Crippen molar-refractivity contribution in [1.29, 1.82) is 0 Å². The topological polar surface area (TPSA) is 0 Å². The highest BCUT2D eigenvalue weighted by atomic mass is 14.1. The second-order valence-corrected chi connectivity index (χ2v) is 4.58. The summed E-state index contributed by atoms with van der Waals surface area (Å²) in [5, 5.41) is 0. The van der Waals surface area contributed by atoms with Gasteiger partial charge in [-0.2, -0.15) is 0 Å². The molecule has 0 nitrogen and oxygen atoms in total. The maximum absolute atomic E-state index is 2.38. The molecule has 14 heavy (non-hydrogen) atoms. The molecule has 0 aromatic heterocycles. The zero-order chi connectivity index (χ0) is 10.7. The van der Waals surface area contributed by atoms with Gasteiger partial charge in [-0.1, -0.05) is 45.9 Å². The third kappa shape index (κ3) is 2.37. The fraction of sp³-hybridized carbons (Fsp3) is 0.571. The van der Waals surface area contributed by atoms with E-state index in [-0.39, 0.29) is 0 Å². The van der Waals surface area contributed by atoms with Crippen molar-refractivity contribution in [3.05, 3.63) is 34.9 Å². The number of hydrogen-bond donors (Lipinski definition) is 0. The summed E-state index contributed by atoms with van der Waals surface area (Å²) in [7, 11) is 0. The number of benzene rings is 1. The fourth-order valence-electron chi connectivity index (χ4n) is 1.82. The second kappa shape index (κ2) is 4.63. The van der Waals surface area contributed by atoms with Crippen LogP contribution in [0.3, 0.4) is 0 Å². The van der Waals surface area contributed by atoms with Gasteiger partial charge in [-0.05, 0) is 41.9 Å². The van der Waals surface area contributed by atoms with Crippen LogP contribution in [0, 0.1) is 6.92 Å². The Hall–Kier alpha value is -0.780. The quantitative estimate of drug-likeness (QED) is 0.651. The highest BCUT2D eigenvalue weighted by Gasteiger charge is 2.07. The van der Waals surface area contributed by atoms with Gasteiger partial charge in [0.15, 0.2) is 0 Å². The van der Waals surface area contributed by atoms with Crippen molar-refractivity contribution in [1.82, 2.24) is 0 Å². The van der Waals surface area contributed by atoms with E-state index >= 15 is 0 Å². The molecule has 0 bridgehead atoms. The molecule has 0 N–H and O–H groups in total. The van der Waals surface area contributed by atoms with Gasteiger partial charge in [0, 0.05) is 0 Å². The summed E-state index contributed by atoms with van der Waals surface area (Å²) in [5.41, 5.74) is 4.41. The largest absolute Gasteiger partial charge is 0.0648 e. The Balaban J connectivity index is 3.06. The Morgan fingerprint density at radius 1 is 1.14 bits per heavy atom. The van der Waals surface area contributed by atoms with Crippen molar-refractivity contribution >= 4 is 0 Å². The summed E-state index contributed by atoms with van der Waals surface area (Å²) in [6, 6.07) is 6.92. The van der Waals surface area contributed by atoms with Crippen LogP contribution in [0.2, 0.25) is 0 Å². The Labute approximate surface area is 88.4 Å². The average Bonchev–Trinajstić information content (AvgIpc) is 2.17. The Bertz CT molecular complexity index is 297. The van der Waals surface area contributed by atoms with Gasteiger partial charge in [0.2, 0.25) is 0 Å². The number of hydrogen-bond acceptors (Lipinski definition) is 0. The van der Waals surface area contributed by atoms with Crippen LogP contribution >= 0.6 is 0 Å². The van der Waals surface area contributed by atoms with Crippen molar-refractivity contribution in [2.24, 2.45) is 0 Å². The minimum atomic E-state index is 0.638. The van der Waals surface area contributed by atoms with Crippen molar-refractivity contribution in [3.8, 4) is 0 Å². The van der Waals surface area contributed by atoms with Crippen LogP contribution in [0.4, 0.5) is 0 Å². The van der Waals surface area contributed by atoms with E-state index in [1.807, 2.05) is 0 Å². The smallest absolute Gasteiger partial charge is 0.0193 e. The van der Waals surface area contributed by atoms with Gasteiger partial charge >= 0.3 is 0 Å². The lowest BCUT2D eigenvalue weighted by Crippen LogP contribution is -1.97. The first-order valence-corrected chi connectivity index (χ1v) is 5.66. The zero-order valence-corrected chi connectivity index (χ0v) is 10.1. The molecule has 1 aromatic carbocycles. The normalized spacial score (nSPS) is 13.3. The van der Waals surface area contributed by atoms with Crippen LogP contribution < -0.4 is 0 Å². The Morgan fingerprint density at radius 3 is 2.29 bits per heavy atom. The number of rotatable bonds is 3. The van der Waals surface area contributed by atoms with E-state index in [9.17, 15) is 0 Å². The van der Waals surface area contributed by atoms with Gasteiger partial charge in [-0.3, -0.25) is 0 Å². The predicted octanol–water partition coefficient (Wildman–Crippen LogP) is 4.63. The molecule has 78 valence electrons. The molecule has 0 aliphatic heterocycles. The van der Waals surface area contributed by atoms with Crippen molar-refractivity contribution in [2.45, 2.75) is 52.9 Å². The summed E-state index contributed by atoms with van der Waals surface area (Å²) >= 11 is 0. The van der Waals surface area contributed by atoms with Crippen molar-refractivity contribution < 1.29 is 0 Å². The fourth-order valence-corrected chi connectivity index (χ4v) is 1.82. The van der Waals surface area contributed by atoms with Crippen LogP contribution in [0.5, 0.6) is 0 Å². The van der Waals surface area contributed by atoms with Crippen molar-refractivity contribution in [3.63, 3.8) is 0 Å². The molecule has 1 atom stereocenters. The lowest BCUT2D eigenvalue weighted by molar-refractivity contribution is 0.728. The summed E-state index contributed by atoms with van der Waals surface area (Å²) in [4.78, 5) is 0. The molecule has 0 heteroatoms. The minimum absolute atomic E-state index is 0.638. The van der Waals surface area contributed by atoms with Crippen LogP contribution in [-0.2, 0) is 0 Å². The summed E-state index contributed by atoms with van der Waals surface area (Å²) in [5.74, 6) is 1.33. The molecule has 0 spiro atoms. The summed E-state index contributed by atoms with van der Waals surface area (Å²) < 4.78 is 0. The van der Waals surface area contributed by atoms with E-state index < -0.39 is 0 Å². The molecule has 0 amide bonds. The standard InChI is InChI=1S/C14H22/c1-6-11(4)13-8-7-12(5)14(9-13)10(2)3/h7-11H,6H2,1-5H3. The van der Waals surface area contributed by atoms with Gasteiger partial charge in [-0.15, -0.1) is 0 Å². The molecule has 0 aliphatic carbocycles. The molecule has 0 radical (unpaired) electrons. The average molecular weight is 190 g/mol. The molecule has 1 aromatic rings. The van der Waals surface area contributed by atoms with Gasteiger partial charge in [-0.25, -0.2) is 0 Å². The lowest BCUT2D eigenvalue weighted by Gasteiger charge is -2.15. The first-order valence-electron chi connectivity index (χ1n) is 5.66. The monoisotopic (exact) mass is 190 g/mol. The van der Waals surface area contributed by atoms with Crippen molar-refractivity contribution in [2.75, 3.05) is 0 Å². The summed E-state index contributed by atoms with van der Waals surface area (Å²) in [6.45, 7) is 11.3. The lowest BCUT2D eigenvalue weighted by atomic mass is 9.91. The second-order valence-electron chi connectivity index (χ2n) is 4.58. The van der Waals surface area contributed by atoms with Gasteiger partial charge in [0.05, 0.1) is 0 Å². The van der Waals surface area contributed by atoms with E-state index in [0.717, 1.165) is 0 Å². The zero-order valence-electron chi connectivity index (χ0n) is 10.1. The first kappa shape index (κ1) is 11.3. The predicted molar refractivity (Wildman–Crippen MR) is 64.0 cm³/mol. The van der Waals surface area contributed by atoms with Gasteiger partial charge in [0.25, 0.3) is 0 Å². The maximum atomic E-state index is 2.38. The minimum Gasteiger partial charge on any atom is -0.0648 e. The third-order valence-electron chi connectivity index (χ3n) is 3.11. The first-order chi connectivity index (χ1) is 6.56. The number of aryl methyl sites for hydroxylation is 1. The summed E-state index contributed by atoms with van der Waals surface area (Å²) in [6.07, 6.45) is 1.22. The molecule has 1 unspecified atom stereocenters. The molecule has 1 rings (SSSR count). The van der Waals surface area contributed by atoms with E-state index in [4.69, 9.17) is 0 Å². The Morgan fingerprint density at radius 2 is 1.79 bits per heavy atom. The van der Waals surface area contributed by atoms with Crippen LogP contribution in [0.1, 0.15) is 62.6 Å². The Kier molecular flexibility index (Phi) is 3.74. The molecular formula is C14H22. The molecule has 0 saturated carbocycles. The molecule has 0 fully saturated rings. The molecular weight excluding hydrogens is 168 g/mol. The maximum Gasteiger partial charge on any atom is -0.0193 e. The SMILES string of the molecule is CCC(C)c1ccc(C)c(C(C)C)c1. The van der Waals surface area contributed by atoms with E-state index in [1.165, 1.54) is 23.1 Å². The molecule has 0 aliphatic rings. The van der Waals surface area contributed by atoms with E-state index in [1.54, 1.807) is 0 Å². The van der Waals surface area contributed by atoms with Crippen LogP contribution in [-0.4, -0.2) is 0 Å². The van der Waals surface area contributed by atoms with Gasteiger partial charge < -0.3 is 0 Å². The highest BCUT2D eigenvalue weighted by Crippen LogP contribution is 2.25.